The number of fused-ring (bicyclic) bond motifs is 1. The third kappa shape index (κ3) is 7.36. The summed E-state index contributed by atoms with van der Waals surface area (Å²) in [5, 5.41) is 3.30. The van der Waals surface area contributed by atoms with E-state index in [-0.39, 0.29) is 17.4 Å². The van der Waals surface area contributed by atoms with Crippen molar-refractivity contribution in [1.29, 1.82) is 0 Å². The molecule has 1 saturated heterocycles. The van der Waals surface area contributed by atoms with E-state index in [1.165, 1.54) is 23.5 Å². The van der Waals surface area contributed by atoms with Crippen LogP contribution < -0.4 is 14.2 Å². The van der Waals surface area contributed by atoms with Gasteiger partial charge in [-0.2, -0.15) is 0 Å². The highest BCUT2D eigenvalue weighted by Gasteiger charge is 2.45. The van der Waals surface area contributed by atoms with Crippen LogP contribution in [-0.4, -0.2) is 48.1 Å². The molecule has 0 bridgehead atoms. The fourth-order valence-corrected chi connectivity index (χ4v) is 7.15. The molecule has 2 aromatic carbocycles. The summed E-state index contributed by atoms with van der Waals surface area (Å²) in [6.07, 6.45) is 7.40. The number of nitrogens with zero attached hydrogens (tertiary/aromatic N) is 2. The summed E-state index contributed by atoms with van der Waals surface area (Å²) >= 11 is 2.85. The fourth-order valence-electron chi connectivity index (χ4n) is 4.46. The number of carbonyl (C=O) groups is 2. The first kappa shape index (κ1) is 31.2. The highest BCUT2D eigenvalue weighted by Crippen LogP contribution is 2.62. The molecule has 0 radical (unpaired) electrons. The Labute approximate surface area is 252 Å². The molecule has 41 heavy (non-hydrogen) atoms. The van der Waals surface area contributed by atoms with E-state index >= 15 is 0 Å². The lowest BCUT2D eigenvalue weighted by Crippen LogP contribution is -2.42. The van der Waals surface area contributed by atoms with Crippen molar-refractivity contribution in [2.24, 2.45) is 0 Å². The van der Waals surface area contributed by atoms with Gasteiger partial charge >= 0.3 is 0 Å². The molecule has 2 aromatic rings. The summed E-state index contributed by atoms with van der Waals surface area (Å²) in [5.41, 5.74) is 0.243. The molecule has 2 aliphatic heterocycles. The van der Waals surface area contributed by atoms with Crippen LogP contribution in [0.3, 0.4) is 0 Å². The Bertz CT molecular complexity index is 1210. The number of rotatable bonds is 16. The van der Waals surface area contributed by atoms with Gasteiger partial charge in [-0.05, 0) is 37.8 Å². The van der Waals surface area contributed by atoms with E-state index in [9.17, 15) is 9.59 Å². The summed E-state index contributed by atoms with van der Waals surface area (Å²) in [7, 11) is 0. The highest BCUT2D eigenvalue weighted by atomic mass is 32.2. The quantitative estimate of drug-likeness (QED) is 0.109. The van der Waals surface area contributed by atoms with Crippen molar-refractivity contribution in [2.45, 2.75) is 88.9 Å². The van der Waals surface area contributed by atoms with Gasteiger partial charge in [0, 0.05) is 19.2 Å². The van der Waals surface area contributed by atoms with Crippen molar-refractivity contribution in [3.05, 3.63) is 46.2 Å². The molecule has 0 N–H and O–H groups in total. The molecule has 1 fully saturated rings. The molecular formula is C32H42N2O5S2. The summed E-state index contributed by atoms with van der Waals surface area (Å²) in [5.74, 6) is 2.13. The van der Waals surface area contributed by atoms with E-state index in [1.54, 1.807) is 10.0 Å². The van der Waals surface area contributed by atoms with E-state index in [0.717, 1.165) is 61.2 Å². The van der Waals surface area contributed by atoms with Gasteiger partial charge in [0.1, 0.15) is 17.1 Å². The van der Waals surface area contributed by atoms with Crippen LogP contribution in [0, 0.1) is 0 Å². The first-order valence-electron chi connectivity index (χ1n) is 15.0. The van der Waals surface area contributed by atoms with Gasteiger partial charge in [0.25, 0.3) is 11.8 Å². The molecule has 7 nitrogen and oxygen atoms in total. The van der Waals surface area contributed by atoms with Crippen LogP contribution in [0.5, 0.6) is 23.0 Å². The first-order chi connectivity index (χ1) is 20.0. The molecule has 4 rings (SSSR count). The third-order valence-electron chi connectivity index (χ3n) is 6.82. The maximum Gasteiger partial charge on any atom is 0.279 e. The van der Waals surface area contributed by atoms with Gasteiger partial charge in [-0.15, -0.1) is 0 Å². The lowest BCUT2D eigenvalue weighted by Gasteiger charge is -2.27. The Kier molecular flexibility index (Phi) is 11.7. The van der Waals surface area contributed by atoms with Crippen molar-refractivity contribution in [1.82, 2.24) is 10.0 Å². The van der Waals surface area contributed by atoms with Crippen molar-refractivity contribution in [2.75, 3.05) is 26.3 Å². The number of thioether (sulfide) groups is 2. The average molecular weight is 599 g/mol. The SMILES string of the molecule is CCCCOc1cc(Oc2ccccc2)c(OCCCC)c2c1SC(=C1C(=O)N(CCCC)N(CCCC)C1=O)S2. The summed E-state index contributed by atoms with van der Waals surface area (Å²) in [6, 6.07) is 11.5. The molecule has 0 atom stereocenters. The maximum absolute atomic E-state index is 13.7. The first-order valence-corrected chi connectivity index (χ1v) is 16.6. The maximum atomic E-state index is 13.7. The lowest BCUT2D eigenvalue weighted by atomic mass is 10.2. The molecule has 2 aliphatic rings. The Morgan fingerprint density at radius 3 is 1.83 bits per heavy atom. The van der Waals surface area contributed by atoms with Gasteiger partial charge in [-0.3, -0.25) is 9.59 Å². The standard InChI is InChI=1S/C32H42N2O5S2/c1-5-9-18-33-30(35)26(31(36)34(33)19-10-6-2)32-40-28-25(37-20-11-7-3)22-24(39-23-16-14-13-15-17-23)27(29(28)41-32)38-21-12-8-4/h13-17,22H,5-12,18-21H2,1-4H3. The van der Waals surface area contributed by atoms with Gasteiger partial charge in [0.2, 0.25) is 0 Å². The van der Waals surface area contributed by atoms with Gasteiger partial charge in [-0.25, -0.2) is 10.0 Å². The van der Waals surface area contributed by atoms with E-state index in [2.05, 4.69) is 27.7 Å². The molecule has 0 aromatic heterocycles. The Morgan fingerprint density at radius 2 is 1.24 bits per heavy atom. The van der Waals surface area contributed by atoms with Gasteiger partial charge < -0.3 is 14.2 Å². The largest absolute Gasteiger partial charge is 0.492 e. The Balaban J connectivity index is 1.77. The third-order valence-corrected chi connectivity index (χ3v) is 9.43. The van der Waals surface area contributed by atoms with Crippen molar-refractivity contribution < 1.29 is 23.8 Å². The Morgan fingerprint density at radius 1 is 0.683 bits per heavy atom. The second-order valence-corrected chi connectivity index (χ2v) is 12.4. The van der Waals surface area contributed by atoms with Gasteiger partial charge in [-0.1, -0.05) is 95.1 Å². The van der Waals surface area contributed by atoms with Crippen LogP contribution in [0.2, 0.25) is 0 Å². The number of ether oxygens (including phenoxy) is 3. The Hall–Kier alpha value is -2.78. The van der Waals surface area contributed by atoms with Crippen molar-refractivity contribution >= 4 is 35.3 Å². The van der Waals surface area contributed by atoms with Crippen molar-refractivity contribution in [3.63, 3.8) is 0 Å². The van der Waals surface area contributed by atoms with Crippen LogP contribution in [0.4, 0.5) is 0 Å². The monoisotopic (exact) mass is 598 g/mol. The molecular weight excluding hydrogens is 556 g/mol. The van der Waals surface area contributed by atoms with E-state index in [4.69, 9.17) is 14.2 Å². The number of para-hydroxylation sites is 1. The zero-order valence-electron chi connectivity index (χ0n) is 24.7. The number of carbonyl (C=O) groups excluding carboxylic acids is 2. The second kappa shape index (κ2) is 15.4. The lowest BCUT2D eigenvalue weighted by molar-refractivity contribution is -0.147. The molecule has 9 heteroatoms. The number of hydrogen-bond acceptors (Lipinski definition) is 7. The summed E-state index contributed by atoms with van der Waals surface area (Å²) < 4.78 is 19.7. The number of amides is 2. The molecule has 0 spiro atoms. The van der Waals surface area contributed by atoms with E-state index in [0.29, 0.717) is 53.5 Å². The molecule has 2 amide bonds. The molecule has 0 saturated carbocycles. The number of benzene rings is 2. The van der Waals surface area contributed by atoms with E-state index < -0.39 is 0 Å². The topological polar surface area (TPSA) is 68.3 Å². The van der Waals surface area contributed by atoms with Crippen LogP contribution >= 0.6 is 23.5 Å². The number of hydrogen-bond donors (Lipinski definition) is 0. The number of unbranched alkanes of at least 4 members (excludes halogenated alkanes) is 4. The van der Waals surface area contributed by atoms with E-state index in [1.807, 2.05) is 36.4 Å². The molecule has 222 valence electrons. The highest BCUT2D eigenvalue weighted by molar-refractivity contribution is 8.25. The van der Waals surface area contributed by atoms with Crippen LogP contribution in [0.1, 0.15) is 79.1 Å². The van der Waals surface area contributed by atoms with Crippen LogP contribution in [0.15, 0.2) is 56.0 Å². The van der Waals surface area contributed by atoms with Crippen LogP contribution in [0.25, 0.3) is 0 Å². The molecule has 0 unspecified atom stereocenters. The van der Waals surface area contributed by atoms with Crippen molar-refractivity contribution in [3.8, 4) is 23.0 Å². The molecule has 0 aliphatic carbocycles. The molecule has 2 heterocycles. The number of hydrazine groups is 1. The minimum Gasteiger partial charge on any atom is -0.492 e. The smallest absolute Gasteiger partial charge is 0.279 e. The second-order valence-electron chi connectivity index (χ2n) is 10.1. The average Bonchev–Trinajstić information content (AvgIpc) is 3.51. The normalized spacial score (nSPS) is 14.7. The minimum absolute atomic E-state index is 0.218. The predicted molar refractivity (Wildman–Crippen MR) is 166 cm³/mol. The van der Waals surface area contributed by atoms with Gasteiger partial charge in [0.05, 0.1) is 27.2 Å². The van der Waals surface area contributed by atoms with Gasteiger partial charge in [0.15, 0.2) is 11.5 Å². The summed E-state index contributed by atoms with van der Waals surface area (Å²) in [6.45, 7) is 10.6. The summed E-state index contributed by atoms with van der Waals surface area (Å²) in [4.78, 5) is 29.2. The predicted octanol–water partition coefficient (Wildman–Crippen LogP) is 8.43. The fraction of sp³-hybridized carbons (Fsp3) is 0.500. The zero-order valence-corrected chi connectivity index (χ0v) is 26.3. The van der Waals surface area contributed by atoms with Crippen LogP contribution in [-0.2, 0) is 9.59 Å². The zero-order chi connectivity index (χ0) is 29.2. The minimum atomic E-state index is -0.218.